The molecule has 2 unspecified atom stereocenters. The molecule has 31 heavy (non-hydrogen) atoms. The fraction of sp³-hybridized carbons (Fsp3) is 0.318. The van der Waals surface area contributed by atoms with Crippen LogP contribution in [0.2, 0.25) is 0 Å². The summed E-state index contributed by atoms with van der Waals surface area (Å²) in [6.07, 6.45) is 5.60. The van der Waals surface area contributed by atoms with Gasteiger partial charge in [-0.2, -0.15) is 0 Å². The molecule has 1 aromatic carbocycles. The molecule has 4 N–H and O–H groups in total. The second-order valence-corrected chi connectivity index (χ2v) is 10.3. The fourth-order valence-corrected chi connectivity index (χ4v) is 6.30. The minimum absolute atomic E-state index is 0.0554. The van der Waals surface area contributed by atoms with E-state index >= 15 is 0 Å². The Bertz CT molecular complexity index is 1070. The number of nitrogen functional groups attached to an aromatic ring is 1. The number of carbonyl (C=O) groups excluding carboxylic acids is 1. The number of hydrogen-bond acceptors (Lipinski definition) is 8. The summed E-state index contributed by atoms with van der Waals surface area (Å²) in [5.41, 5.74) is 8.47. The summed E-state index contributed by atoms with van der Waals surface area (Å²) in [5, 5.41) is 14.0. The first-order chi connectivity index (χ1) is 15.1. The van der Waals surface area contributed by atoms with Gasteiger partial charge in [0.2, 0.25) is 0 Å². The lowest BCUT2D eigenvalue weighted by Gasteiger charge is -2.28. The second-order valence-electron chi connectivity index (χ2n) is 7.27. The summed E-state index contributed by atoms with van der Waals surface area (Å²) in [5.74, 6) is 0.737. The Hall–Kier alpha value is -2.20. The number of thiophene rings is 1. The molecule has 2 aromatic heterocycles. The highest BCUT2D eigenvalue weighted by atomic mass is 32.2. The summed E-state index contributed by atoms with van der Waals surface area (Å²) >= 11 is 4.71. The molecule has 0 aliphatic carbocycles. The van der Waals surface area contributed by atoms with Gasteiger partial charge in [0.15, 0.2) is 12.4 Å². The van der Waals surface area contributed by atoms with Crippen molar-refractivity contribution < 1.29 is 9.53 Å². The van der Waals surface area contributed by atoms with Crippen LogP contribution in [0.3, 0.4) is 0 Å². The van der Waals surface area contributed by atoms with Gasteiger partial charge in [0.25, 0.3) is 0 Å². The van der Waals surface area contributed by atoms with Gasteiger partial charge < -0.3 is 15.8 Å². The molecule has 0 radical (unpaired) electrons. The van der Waals surface area contributed by atoms with E-state index < -0.39 is 6.10 Å². The van der Waals surface area contributed by atoms with E-state index in [1.165, 1.54) is 11.3 Å². The van der Waals surface area contributed by atoms with Crippen molar-refractivity contribution in [2.45, 2.75) is 35.6 Å². The predicted octanol–water partition coefficient (Wildman–Crippen LogP) is 4.63. The number of nitrogens with two attached hydrogens (primary N) is 1. The van der Waals surface area contributed by atoms with Crippen molar-refractivity contribution >= 4 is 46.6 Å². The van der Waals surface area contributed by atoms with Crippen molar-refractivity contribution in [1.82, 2.24) is 10.3 Å². The number of rotatable bonds is 8. The van der Waals surface area contributed by atoms with E-state index in [0.717, 1.165) is 63.0 Å². The van der Waals surface area contributed by atoms with Crippen molar-refractivity contribution in [3.05, 3.63) is 40.6 Å². The van der Waals surface area contributed by atoms with Gasteiger partial charge in [0.05, 0.1) is 20.8 Å². The van der Waals surface area contributed by atoms with Crippen LogP contribution in [0.4, 0.5) is 0 Å². The van der Waals surface area contributed by atoms with Crippen LogP contribution < -0.4 is 15.8 Å². The van der Waals surface area contributed by atoms with Crippen molar-refractivity contribution in [2.75, 3.05) is 12.8 Å². The van der Waals surface area contributed by atoms with Crippen LogP contribution in [0.5, 0.6) is 5.75 Å². The topological polar surface area (TPSA) is 101 Å². The average Bonchev–Trinajstić information content (AvgIpc) is 3.45. The third kappa shape index (κ3) is 5.01. The average molecular weight is 473 g/mol. The highest BCUT2D eigenvalue weighted by molar-refractivity contribution is 8.00. The van der Waals surface area contributed by atoms with Crippen molar-refractivity contribution in [2.24, 2.45) is 5.73 Å². The summed E-state index contributed by atoms with van der Waals surface area (Å²) < 4.78 is 7.12. The van der Waals surface area contributed by atoms with Crippen molar-refractivity contribution in [3.8, 4) is 27.6 Å². The summed E-state index contributed by atoms with van der Waals surface area (Å²) in [7, 11) is 0. The SMILES string of the molecule is CSc1sc(C(=N)N)cc1-c1nc(-c2cccc(OC(C=O)C3CCCCN3)c2)cs1. The number of thioether (sulfide) groups is 1. The lowest BCUT2D eigenvalue weighted by atomic mass is 10.0. The third-order valence-corrected chi connectivity index (χ3v) is 8.34. The molecule has 6 nitrogen and oxygen atoms in total. The Morgan fingerprint density at radius 3 is 3.00 bits per heavy atom. The second kappa shape index (κ2) is 9.95. The van der Waals surface area contributed by atoms with Crippen molar-refractivity contribution in [3.63, 3.8) is 0 Å². The molecule has 1 aliphatic rings. The van der Waals surface area contributed by atoms with E-state index in [1.54, 1.807) is 23.1 Å². The number of piperidine rings is 1. The van der Waals surface area contributed by atoms with Crippen LogP contribution in [0.1, 0.15) is 24.1 Å². The van der Waals surface area contributed by atoms with Crippen LogP contribution in [-0.2, 0) is 4.79 Å². The highest BCUT2D eigenvalue weighted by Gasteiger charge is 2.24. The number of aromatic nitrogens is 1. The first-order valence-corrected chi connectivity index (χ1v) is 12.9. The van der Waals surface area contributed by atoms with E-state index in [-0.39, 0.29) is 11.9 Å². The molecular weight excluding hydrogens is 448 g/mol. The number of nitrogens with zero attached hydrogens (tertiary/aromatic N) is 1. The largest absolute Gasteiger partial charge is 0.481 e. The first kappa shape index (κ1) is 22.0. The normalized spacial score (nSPS) is 17.3. The zero-order valence-electron chi connectivity index (χ0n) is 17.1. The monoisotopic (exact) mass is 472 g/mol. The number of hydrogen-bond donors (Lipinski definition) is 3. The van der Waals surface area contributed by atoms with Crippen LogP contribution in [-0.4, -0.2) is 42.1 Å². The molecule has 3 heterocycles. The van der Waals surface area contributed by atoms with Gasteiger partial charge in [-0.1, -0.05) is 18.6 Å². The number of aldehydes is 1. The maximum atomic E-state index is 11.6. The van der Waals surface area contributed by atoms with Crippen LogP contribution in [0, 0.1) is 5.41 Å². The zero-order valence-corrected chi connectivity index (χ0v) is 19.5. The van der Waals surface area contributed by atoms with Gasteiger partial charge in [-0.15, -0.1) is 34.4 Å². The Kier molecular flexibility index (Phi) is 7.06. The van der Waals surface area contributed by atoms with E-state index in [2.05, 4.69) is 5.32 Å². The smallest absolute Gasteiger partial charge is 0.169 e. The number of amidine groups is 1. The summed E-state index contributed by atoms with van der Waals surface area (Å²) in [6.45, 7) is 0.923. The maximum Gasteiger partial charge on any atom is 0.169 e. The minimum atomic E-state index is -0.499. The molecule has 9 heteroatoms. The van der Waals surface area contributed by atoms with E-state index in [4.69, 9.17) is 20.9 Å². The fourth-order valence-electron chi connectivity index (χ4n) is 3.59. The van der Waals surface area contributed by atoms with Crippen LogP contribution >= 0.6 is 34.4 Å². The number of thiazole rings is 1. The molecule has 1 saturated heterocycles. The van der Waals surface area contributed by atoms with E-state index in [0.29, 0.717) is 5.75 Å². The van der Waals surface area contributed by atoms with E-state index in [1.807, 2.05) is 42.0 Å². The molecule has 4 rings (SSSR count). The van der Waals surface area contributed by atoms with E-state index in [9.17, 15) is 4.79 Å². The van der Waals surface area contributed by atoms with Gasteiger partial charge >= 0.3 is 0 Å². The molecule has 1 fully saturated rings. The standard InChI is InChI=1S/C22H24N4O2S3/c1-29-22-15(10-19(31-22)20(23)24)21-26-17(12-30-21)13-5-4-6-14(9-13)28-18(11-27)16-7-2-3-8-25-16/h4-6,9-12,16,18,25H,2-3,7-8H2,1H3,(H3,23,24). The molecule has 0 amide bonds. The Balaban J connectivity index is 1.56. The first-order valence-electron chi connectivity index (χ1n) is 10.0. The number of carbonyl (C=O) groups is 1. The molecular formula is C22H24N4O2S3. The van der Waals surface area contributed by atoms with Gasteiger partial charge in [-0.05, 0) is 43.8 Å². The lowest BCUT2D eigenvalue weighted by Crippen LogP contribution is -2.46. The van der Waals surface area contributed by atoms with Gasteiger partial charge in [-0.3, -0.25) is 10.2 Å². The summed E-state index contributed by atoms with van der Waals surface area (Å²) in [4.78, 5) is 17.2. The van der Waals surface area contributed by atoms with Crippen LogP contribution in [0.15, 0.2) is 39.9 Å². The number of nitrogens with one attached hydrogen (secondary N) is 2. The van der Waals surface area contributed by atoms with Crippen molar-refractivity contribution in [1.29, 1.82) is 5.41 Å². The molecule has 0 spiro atoms. The molecule has 162 valence electrons. The lowest BCUT2D eigenvalue weighted by molar-refractivity contribution is -0.115. The number of ether oxygens (including phenoxy) is 1. The van der Waals surface area contributed by atoms with Crippen LogP contribution in [0.25, 0.3) is 21.8 Å². The molecule has 0 saturated carbocycles. The minimum Gasteiger partial charge on any atom is -0.481 e. The third-order valence-electron chi connectivity index (χ3n) is 5.16. The zero-order chi connectivity index (χ0) is 21.8. The van der Waals surface area contributed by atoms with Gasteiger partial charge in [0, 0.05) is 16.5 Å². The Labute approximate surface area is 193 Å². The maximum absolute atomic E-state index is 11.6. The molecule has 0 bridgehead atoms. The predicted molar refractivity (Wildman–Crippen MR) is 130 cm³/mol. The molecule has 3 aromatic rings. The quantitative estimate of drug-likeness (QED) is 0.191. The molecule has 2 atom stereocenters. The molecule has 1 aliphatic heterocycles. The highest BCUT2D eigenvalue weighted by Crippen LogP contribution is 2.40. The Morgan fingerprint density at radius 2 is 2.29 bits per heavy atom. The summed E-state index contributed by atoms with van der Waals surface area (Å²) in [6, 6.07) is 9.71. The van der Waals surface area contributed by atoms with Gasteiger partial charge in [-0.25, -0.2) is 4.98 Å². The number of benzene rings is 1. The Morgan fingerprint density at radius 1 is 1.42 bits per heavy atom. The van der Waals surface area contributed by atoms with Gasteiger partial charge in [0.1, 0.15) is 16.6 Å².